The van der Waals surface area contributed by atoms with Crippen LogP contribution in [0.2, 0.25) is 5.02 Å². The SMILES string of the molecule is Cl.Cl.O=[N+]([O-])c1cc(Cl)ccc1S(=O)(=O)NCCCN1CCNCC1. The van der Waals surface area contributed by atoms with E-state index >= 15 is 0 Å². The van der Waals surface area contributed by atoms with Gasteiger partial charge in [0.2, 0.25) is 10.0 Å². The van der Waals surface area contributed by atoms with E-state index < -0.39 is 20.6 Å². The Morgan fingerprint density at radius 3 is 2.52 bits per heavy atom. The van der Waals surface area contributed by atoms with Crippen molar-refractivity contribution in [1.29, 1.82) is 0 Å². The summed E-state index contributed by atoms with van der Waals surface area (Å²) < 4.78 is 26.9. The molecule has 0 unspecified atom stereocenters. The fourth-order valence-electron chi connectivity index (χ4n) is 2.38. The minimum atomic E-state index is -3.94. The average Bonchev–Trinajstić information content (AvgIpc) is 2.52. The number of nitro benzene ring substituents is 1. The number of nitrogens with zero attached hydrogens (tertiary/aromatic N) is 2. The number of piperazine rings is 1. The topological polar surface area (TPSA) is 105 Å². The first-order chi connectivity index (χ1) is 10.9. The lowest BCUT2D eigenvalue weighted by atomic mass is 10.3. The molecule has 1 aliphatic heterocycles. The highest BCUT2D eigenvalue weighted by molar-refractivity contribution is 7.89. The van der Waals surface area contributed by atoms with Crippen molar-refractivity contribution in [3.05, 3.63) is 33.3 Å². The Bertz CT molecular complexity index is 669. The molecule has 2 N–H and O–H groups in total. The lowest BCUT2D eigenvalue weighted by Gasteiger charge is -2.27. The van der Waals surface area contributed by atoms with Crippen molar-refractivity contribution in [2.75, 3.05) is 39.3 Å². The third-order valence-electron chi connectivity index (χ3n) is 3.56. The zero-order chi connectivity index (χ0) is 16.9. The van der Waals surface area contributed by atoms with Crippen LogP contribution < -0.4 is 10.0 Å². The molecule has 1 aromatic rings. The first-order valence-electron chi connectivity index (χ1n) is 7.27. The lowest BCUT2D eigenvalue weighted by molar-refractivity contribution is -0.387. The van der Waals surface area contributed by atoms with Gasteiger partial charge in [0.05, 0.1) is 4.92 Å². The molecule has 0 atom stereocenters. The number of benzene rings is 1. The summed E-state index contributed by atoms with van der Waals surface area (Å²) in [6, 6.07) is 3.51. The van der Waals surface area contributed by atoms with Crippen molar-refractivity contribution >= 4 is 52.1 Å². The third-order valence-corrected chi connectivity index (χ3v) is 5.30. The Morgan fingerprint density at radius 1 is 1.28 bits per heavy atom. The number of sulfonamides is 1. The van der Waals surface area contributed by atoms with E-state index in [2.05, 4.69) is 14.9 Å². The minimum Gasteiger partial charge on any atom is -0.314 e. The summed E-state index contributed by atoms with van der Waals surface area (Å²) in [6.45, 7) is 4.76. The molecule has 8 nitrogen and oxygen atoms in total. The molecule has 0 bridgehead atoms. The van der Waals surface area contributed by atoms with Crippen LogP contribution in [0.25, 0.3) is 0 Å². The van der Waals surface area contributed by atoms with Crippen molar-refractivity contribution in [3.8, 4) is 0 Å². The molecule has 0 amide bonds. The molecular weight excluding hydrogens is 415 g/mol. The van der Waals surface area contributed by atoms with Gasteiger partial charge in [-0.25, -0.2) is 13.1 Å². The van der Waals surface area contributed by atoms with Gasteiger partial charge in [-0.3, -0.25) is 10.1 Å². The highest BCUT2D eigenvalue weighted by Gasteiger charge is 2.25. The van der Waals surface area contributed by atoms with Crippen LogP contribution in [0.1, 0.15) is 6.42 Å². The zero-order valence-electron chi connectivity index (χ0n) is 13.3. The highest BCUT2D eigenvalue weighted by Crippen LogP contribution is 2.26. The maximum Gasteiger partial charge on any atom is 0.290 e. The van der Waals surface area contributed by atoms with Gasteiger partial charge in [0.15, 0.2) is 4.90 Å². The second-order valence-corrected chi connectivity index (χ2v) is 7.38. The number of hydrogen-bond acceptors (Lipinski definition) is 6. The lowest BCUT2D eigenvalue weighted by Crippen LogP contribution is -2.44. The van der Waals surface area contributed by atoms with Crippen LogP contribution in [0.4, 0.5) is 5.69 Å². The monoisotopic (exact) mass is 434 g/mol. The fraction of sp³-hybridized carbons (Fsp3) is 0.538. The Hall–Kier alpha value is -0.680. The van der Waals surface area contributed by atoms with Crippen molar-refractivity contribution in [2.24, 2.45) is 0 Å². The van der Waals surface area contributed by atoms with E-state index in [0.29, 0.717) is 6.42 Å². The van der Waals surface area contributed by atoms with Gasteiger partial charge >= 0.3 is 0 Å². The van der Waals surface area contributed by atoms with Crippen LogP contribution in [0, 0.1) is 10.1 Å². The van der Waals surface area contributed by atoms with Gasteiger partial charge in [-0.15, -0.1) is 24.8 Å². The number of halogens is 3. The number of hydrogen-bond donors (Lipinski definition) is 2. The molecule has 12 heteroatoms. The molecule has 0 spiro atoms. The van der Waals surface area contributed by atoms with Gasteiger partial charge in [0, 0.05) is 43.8 Å². The molecule has 2 rings (SSSR count). The first-order valence-corrected chi connectivity index (χ1v) is 9.13. The Balaban J connectivity index is 0.00000288. The van der Waals surface area contributed by atoms with Crippen molar-refractivity contribution < 1.29 is 13.3 Å². The van der Waals surface area contributed by atoms with E-state index in [1.807, 2.05) is 0 Å². The standard InChI is InChI=1S/C13H19ClN4O4S.2ClH/c14-11-2-3-13(12(10-11)18(19)20)23(21,22)16-4-1-7-17-8-5-15-6-9-17;;/h2-3,10,15-16H,1,4-9H2;2*1H. The minimum absolute atomic E-state index is 0. The quantitative estimate of drug-likeness (QED) is 0.383. The van der Waals surface area contributed by atoms with Crippen LogP contribution in [0.15, 0.2) is 23.1 Å². The van der Waals surface area contributed by atoms with Crippen LogP contribution >= 0.6 is 36.4 Å². The van der Waals surface area contributed by atoms with Crippen LogP contribution in [0.5, 0.6) is 0 Å². The molecule has 1 saturated heterocycles. The van der Waals surface area contributed by atoms with Gasteiger partial charge in [-0.2, -0.15) is 0 Å². The summed E-state index contributed by atoms with van der Waals surface area (Å²) in [5.74, 6) is 0. The van der Waals surface area contributed by atoms with E-state index in [0.717, 1.165) is 44.9 Å². The summed E-state index contributed by atoms with van der Waals surface area (Å²) >= 11 is 5.69. The second-order valence-electron chi connectivity index (χ2n) is 5.21. The Labute approximate surface area is 164 Å². The van der Waals surface area contributed by atoms with Crippen LogP contribution in [-0.2, 0) is 10.0 Å². The predicted octanol–water partition coefficient (Wildman–Crippen LogP) is 1.67. The van der Waals surface area contributed by atoms with Gasteiger partial charge in [0.25, 0.3) is 5.69 Å². The highest BCUT2D eigenvalue weighted by atomic mass is 35.5. The summed E-state index contributed by atoms with van der Waals surface area (Å²) in [4.78, 5) is 12.1. The first kappa shape index (κ1) is 24.3. The zero-order valence-corrected chi connectivity index (χ0v) is 16.5. The number of nitrogens with one attached hydrogen (secondary N) is 2. The van der Waals surface area contributed by atoms with Crippen molar-refractivity contribution in [1.82, 2.24) is 14.9 Å². The molecule has 1 fully saturated rings. The molecule has 0 aliphatic carbocycles. The summed E-state index contributed by atoms with van der Waals surface area (Å²) in [5.41, 5.74) is -0.521. The summed E-state index contributed by atoms with van der Waals surface area (Å²) in [5, 5.41) is 14.4. The fourth-order valence-corrected chi connectivity index (χ4v) is 3.77. The molecule has 1 aromatic carbocycles. The molecule has 1 aliphatic rings. The molecular formula is C13H21Cl3N4O4S. The van der Waals surface area contributed by atoms with Crippen LogP contribution in [0.3, 0.4) is 0 Å². The predicted molar refractivity (Wildman–Crippen MR) is 102 cm³/mol. The molecule has 0 aromatic heterocycles. The van der Waals surface area contributed by atoms with E-state index in [4.69, 9.17) is 11.6 Å². The molecule has 0 saturated carbocycles. The van der Waals surface area contributed by atoms with E-state index in [1.165, 1.54) is 6.07 Å². The summed E-state index contributed by atoms with van der Waals surface area (Å²) in [7, 11) is -3.94. The van der Waals surface area contributed by atoms with Gasteiger partial charge in [-0.1, -0.05) is 11.6 Å². The largest absolute Gasteiger partial charge is 0.314 e. The van der Waals surface area contributed by atoms with Crippen molar-refractivity contribution in [2.45, 2.75) is 11.3 Å². The molecule has 144 valence electrons. The maximum absolute atomic E-state index is 12.2. The number of nitro groups is 1. The van der Waals surface area contributed by atoms with E-state index in [-0.39, 0.29) is 41.3 Å². The van der Waals surface area contributed by atoms with Crippen molar-refractivity contribution in [3.63, 3.8) is 0 Å². The Morgan fingerprint density at radius 2 is 1.92 bits per heavy atom. The third kappa shape index (κ3) is 7.22. The molecule has 0 radical (unpaired) electrons. The van der Waals surface area contributed by atoms with Gasteiger partial charge < -0.3 is 10.2 Å². The second kappa shape index (κ2) is 11.1. The Kier molecular flexibility index (Phi) is 10.8. The van der Waals surface area contributed by atoms with Gasteiger partial charge in [0.1, 0.15) is 0 Å². The van der Waals surface area contributed by atoms with E-state index in [1.54, 1.807) is 0 Å². The maximum atomic E-state index is 12.2. The van der Waals surface area contributed by atoms with E-state index in [9.17, 15) is 18.5 Å². The summed E-state index contributed by atoms with van der Waals surface area (Å²) in [6.07, 6.45) is 0.640. The molecule has 25 heavy (non-hydrogen) atoms. The molecule has 1 heterocycles. The van der Waals surface area contributed by atoms with Crippen LogP contribution in [-0.4, -0.2) is 57.5 Å². The number of rotatable bonds is 7. The smallest absolute Gasteiger partial charge is 0.290 e. The van der Waals surface area contributed by atoms with Gasteiger partial charge in [-0.05, 0) is 25.1 Å². The normalized spacial score (nSPS) is 15.1. The average molecular weight is 436 g/mol.